The second kappa shape index (κ2) is 7.37. The van der Waals surface area contributed by atoms with E-state index in [1.54, 1.807) is 5.38 Å². The van der Waals surface area contributed by atoms with Crippen LogP contribution in [0.1, 0.15) is 47.0 Å². The van der Waals surface area contributed by atoms with Crippen molar-refractivity contribution in [2.75, 3.05) is 0 Å². The fraction of sp³-hybridized carbons (Fsp3) is 0.368. The van der Waals surface area contributed by atoms with E-state index in [1.807, 2.05) is 24.3 Å². The molecule has 0 fully saturated rings. The molecule has 0 spiro atoms. The summed E-state index contributed by atoms with van der Waals surface area (Å²) < 4.78 is 2.14. The van der Waals surface area contributed by atoms with Crippen molar-refractivity contribution in [2.45, 2.75) is 45.7 Å². The van der Waals surface area contributed by atoms with Crippen molar-refractivity contribution in [3.05, 3.63) is 52.6 Å². The molecule has 6 nitrogen and oxygen atoms in total. The quantitative estimate of drug-likeness (QED) is 0.767. The largest absolute Gasteiger partial charge is 0.343 e. The third-order valence-electron chi connectivity index (χ3n) is 4.63. The van der Waals surface area contributed by atoms with Crippen LogP contribution in [0, 0.1) is 6.92 Å². The highest BCUT2D eigenvalue weighted by molar-refractivity contribution is 7.13. The van der Waals surface area contributed by atoms with Crippen molar-refractivity contribution in [2.24, 2.45) is 0 Å². The van der Waals surface area contributed by atoms with Crippen LogP contribution in [-0.4, -0.2) is 25.7 Å². The zero-order chi connectivity index (χ0) is 17.9. The Morgan fingerprint density at radius 3 is 2.88 bits per heavy atom. The molecule has 2 aromatic heterocycles. The molecule has 0 unspecified atom stereocenters. The van der Waals surface area contributed by atoms with Gasteiger partial charge in [-0.15, -0.1) is 21.5 Å². The molecule has 7 heteroatoms. The van der Waals surface area contributed by atoms with Gasteiger partial charge in [0.1, 0.15) is 16.5 Å². The maximum absolute atomic E-state index is 12.5. The van der Waals surface area contributed by atoms with Crippen LogP contribution < -0.4 is 5.32 Å². The average molecular weight is 367 g/mol. The van der Waals surface area contributed by atoms with Crippen LogP contribution in [0.4, 0.5) is 0 Å². The Hall–Kier alpha value is -2.54. The van der Waals surface area contributed by atoms with Gasteiger partial charge in [0.15, 0.2) is 5.82 Å². The number of fused-ring (bicyclic) bond motifs is 1. The van der Waals surface area contributed by atoms with E-state index in [2.05, 4.69) is 32.0 Å². The lowest BCUT2D eigenvalue weighted by Crippen LogP contribution is -2.25. The van der Waals surface area contributed by atoms with Gasteiger partial charge < -0.3 is 9.88 Å². The fourth-order valence-electron chi connectivity index (χ4n) is 3.13. The highest BCUT2D eigenvalue weighted by atomic mass is 32.1. The monoisotopic (exact) mass is 367 g/mol. The fourth-order valence-corrected chi connectivity index (χ4v) is 3.94. The normalized spacial score (nSPS) is 13.9. The molecule has 0 bridgehead atoms. The molecule has 26 heavy (non-hydrogen) atoms. The van der Waals surface area contributed by atoms with E-state index >= 15 is 0 Å². The number of rotatable bonds is 4. The smallest absolute Gasteiger partial charge is 0.271 e. The minimum atomic E-state index is -0.175. The van der Waals surface area contributed by atoms with Crippen molar-refractivity contribution in [1.29, 1.82) is 0 Å². The molecule has 3 heterocycles. The first-order valence-electron chi connectivity index (χ1n) is 8.92. The Balaban J connectivity index is 1.43. The molecule has 0 aliphatic carbocycles. The van der Waals surface area contributed by atoms with Gasteiger partial charge in [-0.1, -0.05) is 36.2 Å². The molecule has 1 aliphatic heterocycles. The number of aryl methyl sites for hydroxylation is 2. The molecule has 0 radical (unpaired) electrons. The lowest BCUT2D eigenvalue weighted by molar-refractivity contribution is 0.0945. The second-order valence-electron chi connectivity index (χ2n) is 6.58. The van der Waals surface area contributed by atoms with Gasteiger partial charge in [-0.25, -0.2) is 4.98 Å². The molecule has 1 N–H and O–H groups in total. The van der Waals surface area contributed by atoms with Crippen molar-refractivity contribution in [3.63, 3.8) is 0 Å². The summed E-state index contributed by atoms with van der Waals surface area (Å²) in [6.07, 6.45) is 4.48. The zero-order valence-corrected chi connectivity index (χ0v) is 15.6. The first-order chi connectivity index (χ1) is 12.7. The van der Waals surface area contributed by atoms with E-state index in [-0.39, 0.29) is 5.91 Å². The first kappa shape index (κ1) is 16.9. The van der Waals surface area contributed by atoms with E-state index in [4.69, 9.17) is 0 Å². The summed E-state index contributed by atoms with van der Waals surface area (Å²) in [5.41, 5.74) is 2.68. The van der Waals surface area contributed by atoms with E-state index in [9.17, 15) is 4.79 Å². The third-order valence-corrected chi connectivity index (χ3v) is 5.52. The van der Waals surface area contributed by atoms with Gasteiger partial charge in [0.05, 0.1) is 6.54 Å². The van der Waals surface area contributed by atoms with Gasteiger partial charge in [0.25, 0.3) is 5.91 Å². The van der Waals surface area contributed by atoms with Crippen LogP contribution in [0.15, 0.2) is 29.6 Å². The van der Waals surface area contributed by atoms with Gasteiger partial charge in [0.2, 0.25) is 0 Å². The number of thiazole rings is 1. The summed E-state index contributed by atoms with van der Waals surface area (Å²) in [5.74, 6) is 1.68. The van der Waals surface area contributed by atoms with E-state index < -0.39 is 0 Å². The Morgan fingerprint density at radius 1 is 1.19 bits per heavy atom. The number of benzene rings is 1. The number of nitrogens with zero attached hydrogens (tertiary/aromatic N) is 4. The molecule has 3 aromatic rings. The summed E-state index contributed by atoms with van der Waals surface area (Å²) in [6, 6.07) is 8.16. The van der Waals surface area contributed by atoms with Crippen molar-refractivity contribution in [3.8, 4) is 10.6 Å². The standard InChI is InChI=1S/C19H21N5OS/c1-13-6-8-14(9-7-13)19-21-15(12-26-19)18(25)20-11-17-23-22-16-5-3-2-4-10-24(16)17/h6-9,12H,2-5,10-11H2,1H3,(H,20,25). The Bertz CT molecular complexity index is 912. The molecule has 0 atom stereocenters. The van der Waals surface area contributed by atoms with Crippen LogP contribution in [-0.2, 0) is 19.5 Å². The summed E-state index contributed by atoms with van der Waals surface area (Å²) in [5, 5.41) is 14.1. The van der Waals surface area contributed by atoms with Gasteiger partial charge in [0, 0.05) is 23.9 Å². The molecule has 0 saturated carbocycles. The Kier molecular flexibility index (Phi) is 4.79. The molecule has 1 aromatic carbocycles. The van der Waals surface area contributed by atoms with Gasteiger partial charge in [-0.3, -0.25) is 4.79 Å². The number of aromatic nitrogens is 4. The van der Waals surface area contributed by atoms with Crippen molar-refractivity contribution in [1.82, 2.24) is 25.1 Å². The summed E-state index contributed by atoms with van der Waals surface area (Å²) in [4.78, 5) is 16.9. The van der Waals surface area contributed by atoms with Crippen molar-refractivity contribution < 1.29 is 4.79 Å². The van der Waals surface area contributed by atoms with Crippen LogP contribution in [0.2, 0.25) is 0 Å². The van der Waals surface area contributed by atoms with Crippen LogP contribution in [0.25, 0.3) is 10.6 Å². The van der Waals surface area contributed by atoms with E-state index in [0.29, 0.717) is 12.2 Å². The minimum absolute atomic E-state index is 0.175. The Labute approximate surface area is 156 Å². The van der Waals surface area contributed by atoms with Crippen LogP contribution in [0.3, 0.4) is 0 Å². The minimum Gasteiger partial charge on any atom is -0.343 e. The van der Waals surface area contributed by atoms with E-state index in [1.165, 1.54) is 23.3 Å². The SMILES string of the molecule is Cc1ccc(-c2nc(C(=O)NCc3nnc4n3CCCCC4)cs2)cc1. The van der Waals surface area contributed by atoms with E-state index in [0.717, 1.165) is 48.0 Å². The third kappa shape index (κ3) is 3.53. The van der Waals surface area contributed by atoms with Crippen LogP contribution >= 0.6 is 11.3 Å². The average Bonchev–Trinajstić information content (AvgIpc) is 3.22. The highest BCUT2D eigenvalue weighted by Gasteiger charge is 2.17. The number of carbonyl (C=O) groups excluding carboxylic acids is 1. The zero-order valence-electron chi connectivity index (χ0n) is 14.7. The molecular weight excluding hydrogens is 346 g/mol. The molecule has 4 rings (SSSR count). The topological polar surface area (TPSA) is 72.7 Å². The maximum Gasteiger partial charge on any atom is 0.271 e. The molecular formula is C19H21N5OS. The Morgan fingerprint density at radius 2 is 2.04 bits per heavy atom. The second-order valence-corrected chi connectivity index (χ2v) is 7.44. The van der Waals surface area contributed by atoms with Crippen LogP contribution in [0.5, 0.6) is 0 Å². The summed E-state index contributed by atoms with van der Waals surface area (Å²) >= 11 is 1.48. The first-order valence-corrected chi connectivity index (χ1v) is 9.80. The lowest BCUT2D eigenvalue weighted by Gasteiger charge is -2.07. The number of carbonyl (C=O) groups is 1. The van der Waals surface area contributed by atoms with Gasteiger partial charge in [-0.05, 0) is 19.8 Å². The lowest BCUT2D eigenvalue weighted by atomic mass is 10.2. The number of hydrogen-bond acceptors (Lipinski definition) is 5. The highest BCUT2D eigenvalue weighted by Crippen LogP contribution is 2.24. The predicted molar refractivity (Wildman–Crippen MR) is 101 cm³/mol. The molecule has 1 aliphatic rings. The molecule has 1 amide bonds. The van der Waals surface area contributed by atoms with Gasteiger partial charge in [-0.2, -0.15) is 0 Å². The maximum atomic E-state index is 12.5. The number of nitrogens with one attached hydrogen (secondary N) is 1. The summed E-state index contributed by atoms with van der Waals surface area (Å²) in [6.45, 7) is 3.36. The van der Waals surface area contributed by atoms with Gasteiger partial charge >= 0.3 is 0 Å². The number of hydrogen-bond donors (Lipinski definition) is 1. The van der Waals surface area contributed by atoms with Crippen molar-refractivity contribution >= 4 is 17.2 Å². The number of amides is 1. The summed E-state index contributed by atoms with van der Waals surface area (Å²) in [7, 11) is 0. The molecule has 0 saturated heterocycles. The predicted octanol–water partition coefficient (Wildman–Crippen LogP) is 3.37. The molecule has 134 valence electrons.